The number of benzene rings is 4. The maximum atomic E-state index is 12.3. The Labute approximate surface area is 321 Å². The Morgan fingerprint density at radius 3 is 1.46 bits per heavy atom. The molecule has 0 aliphatic carbocycles. The largest absolute Gasteiger partial charge is 0.494 e. The summed E-state index contributed by atoms with van der Waals surface area (Å²) in [7, 11) is 5.44. The molecule has 0 saturated heterocycles. The number of amides is 1. The number of nitrogens with zero attached hydrogens (tertiary/aromatic N) is 3. The zero-order valence-corrected chi connectivity index (χ0v) is 32.0. The number of rotatable bonds is 10. The van der Waals surface area contributed by atoms with Crippen LogP contribution in [-0.4, -0.2) is 76.1 Å². The summed E-state index contributed by atoms with van der Waals surface area (Å²) in [5.74, 6) is -0.801. The molecule has 0 radical (unpaired) electrons. The Balaban J connectivity index is 0.000000398. The lowest BCUT2D eigenvalue weighted by molar-refractivity contribution is 0.0588. The van der Waals surface area contributed by atoms with E-state index in [1.54, 1.807) is 72.8 Å². The zero-order chi connectivity index (χ0) is 40.6. The number of ether oxygens (including phenoxy) is 4. The Morgan fingerprint density at radius 2 is 1.09 bits per heavy atom. The van der Waals surface area contributed by atoms with E-state index in [9.17, 15) is 19.2 Å². The Kier molecular flexibility index (Phi) is 20.9. The van der Waals surface area contributed by atoms with Crippen molar-refractivity contribution >= 4 is 57.4 Å². The van der Waals surface area contributed by atoms with Gasteiger partial charge in [-0.2, -0.15) is 0 Å². The van der Waals surface area contributed by atoms with Crippen LogP contribution >= 0.6 is 11.6 Å². The van der Waals surface area contributed by atoms with Gasteiger partial charge in [0.1, 0.15) is 11.1 Å². The third-order valence-corrected chi connectivity index (χ3v) is 7.57. The van der Waals surface area contributed by atoms with Crippen LogP contribution in [-0.2, 0) is 9.47 Å². The summed E-state index contributed by atoms with van der Waals surface area (Å²) in [5, 5.41) is 2.19. The maximum Gasteiger partial charge on any atom is 0.341 e. The molecule has 0 aliphatic heterocycles. The van der Waals surface area contributed by atoms with Gasteiger partial charge in [-0.1, -0.05) is 81.4 Å². The minimum Gasteiger partial charge on any atom is -0.494 e. The third kappa shape index (κ3) is 14.3. The Hall–Kier alpha value is -6.41. The second kappa shape index (κ2) is 24.7. The summed E-state index contributed by atoms with van der Waals surface area (Å²) in [6, 6.07) is 22.1. The zero-order valence-electron chi connectivity index (χ0n) is 31.3. The molecular weight excluding hydrogens is 714 g/mol. The molecule has 13 nitrogen and oxygen atoms in total. The number of para-hydroxylation sites is 2. The number of methoxy groups -OCH3 is 4. The summed E-state index contributed by atoms with van der Waals surface area (Å²) in [6.07, 6.45) is 0. The molecule has 0 saturated carbocycles. The number of nitrogen functional groups attached to an aromatic ring is 1. The van der Waals surface area contributed by atoms with E-state index in [0.29, 0.717) is 45.2 Å². The molecule has 1 amide bonds. The van der Waals surface area contributed by atoms with Gasteiger partial charge in [0.05, 0.1) is 53.0 Å². The first kappa shape index (κ1) is 45.6. The van der Waals surface area contributed by atoms with Crippen LogP contribution in [0.4, 0.5) is 22.7 Å². The Bertz CT molecular complexity index is 1910. The quantitative estimate of drug-likeness (QED) is 0.0698. The van der Waals surface area contributed by atoms with Crippen molar-refractivity contribution in [3.63, 3.8) is 0 Å². The highest BCUT2D eigenvalue weighted by atomic mass is 35.5. The van der Waals surface area contributed by atoms with Crippen molar-refractivity contribution in [2.45, 2.75) is 20.8 Å². The third-order valence-electron chi connectivity index (χ3n) is 7.35. The van der Waals surface area contributed by atoms with Gasteiger partial charge in [0, 0.05) is 11.1 Å². The first-order valence-electron chi connectivity index (χ1n) is 16.3. The molecule has 14 heteroatoms. The standard InChI is InChI=1S/C17H14N2O4.C9H11NO3.C8H4ClNO.C6H15N/c1-18-12-9-7-11(8-10-12)16(20)19-14-6-4-5-13(15(14)22-2)17(21)23-3;1-12-8-6(9(11)13-2)4-3-5-7(8)10;1-10-7-4-2-6(3-5-7)8(9)11;1-4-7(5-2)6-3/h4-10H,2-3H3,(H,19,20);3-5H,10H2,1-2H3;2-5H;4-6H2,1-3H3. The molecule has 0 heterocycles. The molecule has 0 spiro atoms. The highest BCUT2D eigenvalue weighted by Crippen LogP contribution is 2.30. The van der Waals surface area contributed by atoms with Gasteiger partial charge in [0.25, 0.3) is 11.1 Å². The van der Waals surface area contributed by atoms with E-state index < -0.39 is 17.2 Å². The van der Waals surface area contributed by atoms with Crippen molar-refractivity contribution in [1.82, 2.24) is 4.90 Å². The lowest BCUT2D eigenvalue weighted by atomic mass is 10.1. The fourth-order valence-corrected chi connectivity index (χ4v) is 4.53. The number of hydrogen-bond acceptors (Lipinski definition) is 10. The maximum absolute atomic E-state index is 12.3. The molecule has 0 bridgehead atoms. The SMILES string of the molecule is CCN(CC)CC.COC(=O)c1cccc(N)c1OC.[C-]#[N+]c1ccc(C(=O)Cl)cc1.[C-]#[N+]c1ccc(C(=O)Nc2cccc(C(=O)OC)c2OC)cc1. The predicted octanol–water partition coefficient (Wildman–Crippen LogP) is 8.31. The molecule has 54 heavy (non-hydrogen) atoms. The van der Waals surface area contributed by atoms with Gasteiger partial charge in [-0.15, -0.1) is 0 Å². The molecule has 0 aromatic heterocycles. The van der Waals surface area contributed by atoms with Crippen molar-refractivity contribution in [1.29, 1.82) is 0 Å². The number of halogens is 1. The van der Waals surface area contributed by atoms with Crippen LogP contribution in [0, 0.1) is 13.1 Å². The van der Waals surface area contributed by atoms with Gasteiger partial charge in [0.2, 0.25) is 0 Å². The van der Waals surface area contributed by atoms with Gasteiger partial charge in [0.15, 0.2) is 22.9 Å². The van der Waals surface area contributed by atoms with Gasteiger partial charge < -0.3 is 34.9 Å². The van der Waals surface area contributed by atoms with Crippen LogP contribution in [0.25, 0.3) is 9.69 Å². The van der Waals surface area contributed by atoms with Crippen LogP contribution in [0.3, 0.4) is 0 Å². The van der Waals surface area contributed by atoms with E-state index in [2.05, 4.69) is 50.2 Å². The van der Waals surface area contributed by atoms with Gasteiger partial charge in [-0.25, -0.2) is 19.3 Å². The number of nitrogens with two attached hydrogens (primary N) is 1. The molecule has 4 aromatic carbocycles. The first-order valence-corrected chi connectivity index (χ1v) is 16.7. The number of hydrogen-bond donors (Lipinski definition) is 2. The summed E-state index contributed by atoms with van der Waals surface area (Å²) < 4.78 is 19.4. The number of carbonyl (C=O) groups is 4. The number of anilines is 2. The van der Waals surface area contributed by atoms with E-state index in [4.69, 9.17) is 40.0 Å². The topological polar surface area (TPSA) is 155 Å². The minimum atomic E-state index is -0.556. The predicted molar refractivity (Wildman–Crippen MR) is 210 cm³/mol. The normalized spacial score (nSPS) is 9.46. The molecule has 0 fully saturated rings. The smallest absolute Gasteiger partial charge is 0.341 e. The van der Waals surface area contributed by atoms with E-state index in [1.165, 1.54) is 60.2 Å². The molecule has 4 rings (SSSR count). The molecular formula is C40H44ClN5O8. The molecule has 3 N–H and O–H groups in total. The van der Waals surface area contributed by atoms with Crippen LogP contribution < -0.4 is 20.5 Å². The second-order valence-electron chi connectivity index (χ2n) is 10.5. The van der Waals surface area contributed by atoms with Crippen LogP contribution in [0.15, 0.2) is 84.9 Å². The van der Waals surface area contributed by atoms with Crippen molar-refractivity contribution in [2.75, 3.05) is 59.1 Å². The van der Waals surface area contributed by atoms with Gasteiger partial charge >= 0.3 is 11.9 Å². The highest BCUT2D eigenvalue weighted by Gasteiger charge is 2.18. The van der Waals surface area contributed by atoms with Gasteiger partial charge in [-0.3, -0.25) is 9.59 Å². The molecule has 0 unspecified atom stereocenters. The van der Waals surface area contributed by atoms with E-state index in [0.717, 1.165) is 0 Å². The first-order chi connectivity index (χ1) is 25.9. The van der Waals surface area contributed by atoms with Crippen molar-refractivity contribution in [3.8, 4) is 11.5 Å². The van der Waals surface area contributed by atoms with Crippen LogP contribution in [0.5, 0.6) is 11.5 Å². The molecule has 0 atom stereocenters. The van der Waals surface area contributed by atoms with E-state index in [-0.39, 0.29) is 17.2 Å². The number of carbonyl (C=O) groups excluding carboxylic acids is 4. The van der Waals surface area contributed by atoms with Crippen molar-refractivity contribution < 1.29 is 38.1 Å². The second-order valence-corrected chi connectivity index (χ2v) is 10.8. The summed E-state index contributed by atoms with van der Waals surface area (Å²) >= 11 is 5.18. The number of nitrogens with one attached hydrogen (secondary N) is 1. The van der Waals surface area contributed by atoms with E-state index in [1.807, 2.05) is 0 Å². The van der Waals surface area contributed by atoms with Crippen molar-refractivity contribution in [3.05, 3.63) is 130 Å². The highest BCUT2D eigenvalue weighted by molar-refractivity contribution is 6.67. The minimum absolute atomic E-state index is 0.219. The lowest BCUT2D eigenvalue weighted by Gasteiger charge is -2.13. The Morgan fingerprint density at radius 1 is 0.667 bits per heavy atom. The van der Waals surface area contributed by atoms with E-state index >= 15 is 0 Å². The van der Waals surface area contributed by atoms with Crippen LogP contribution in [0.2, 0.25) is 0 Å². The summed E-state index contributed by atoms with van der Waals surface area (Å²) in [6.45, 7) is 23.7. The molecule has 0 aliphatic rings. The number of esters is 2. The average Bonchev–Trinajstić information content (AvgIpc) is 3.21. The van der Waals surface area contributed by atoms with Crippen molar-refractivity contribution in [2.24, 2.45) is 0 Å². The molecule has 284 valence electrons. The monoisotopic (exact) mass is 757 g/mol. The lowest BCUT2D eigenvalue weighted by Crippen LogP contribution is -2.21. The fraction of sp³-hybridized carbons (Fsp3) is 0.250. The fourth-order valence-electron chi connectivity index (χ4n) is 4.40. The summed E-state index contributed by atoms with van der Waals surface area (Å²) in [4.78, 5) is 54.5. The summed E-state index contributed by atoms with van der Waals surface area (Å²) in [5.41, 5.74) is 8.69. The average molecular weight is 758 g/mol. The van der Waals surface area contributed by atoms with Crippen LogP contribution in [0.1, 0.15) is 62.2 Å². The molecule has 4 aromatic rings. The van der Waals surface area contributed by atoms with Gasteiger partial charge in [-0.05, 0) is 55.5 Å².